The summed E-state index contributed by atoms with van der Waals surface area (Å²) >= 11 is 0. The van der Waals surface area contributed by atoms with Gasteiger partial charge in [0.05, 0.1) is 0 Å². The van der Waals surface area contributed by atoms with Crippen molar-refractivity contribution < 1.29 is 4.39 Å². The number of hydrogen-bond acceptors (Lipinski definition) is 0. The molecule has 0 N–H and O–H groups in total. The lowest BCUT2D eigenvalue weighted by molar-refractivity contribution is 0.627. The Morgan fingerprint density at radius 3 is 2.00 bits per heavy atom. The largest absolute Gasteiger partial charge is 0.207 e. The van der Waals surface area contributed by atoms with E-state index in [2.05, 4.69) is 12.1 Å². The summed E-state index contributed by atoms with van der Waals surface area (Å²) in [5.41, 5.74) is 3.31. The molecule has 2 aromatic carbocycles. The highest BCUT2D eigenvalue weighted by Gasteiger charge is 2.02. The number of allylic oxidation sites excluding steroid dienone is 1. The Labute approximate surface area is 95.1 Å². The molecule has 0 amide bonds. The van der Waals surface area contributed by atoms with Crippen molar-refractivity contribution >= 4 is 5.57 Å². The highest BCUT2D eigenvalue weighted by molar-refractivity contribution is 5.79. The van der Waals surface area contributed by atoms with Crippen LogP contribution < -0.4 is 0 Å². The maximum Gasteiger partial charge on any atom is 0.123 e. The van der Waals surface area contributed by atoms with E-state index in [1.165, 1.54) is 12.1 Å². The minimum Gasteiger partial charge on any atom is -0.207 e. The lowest BCUT2D eigenvalue weighted by Crippen LogP contribution is -1.87. The Bertz CT molecular complexity index is 481. The highest BCUT2D eigenvalue weighted by Crippen LogP contribution is 2.22. The van der Waals surface area contributed by atoms with Crippen molar-refractivity contribution in [1.82, 2.24) is 0 Å². The molecule has 0 fully saturated rings. The third-order valence-electron chi connectivity index (χ3n) is 2.53. The molecule has 0 aliphatic rings. The maximum absolute atomic E-state index is 12.8. The first-order chi connectivity index (χ1) is 7.81. The smallest absolute Gasteiger partial charge is 0.123 e. The first kappa shape index (κ1) is 10.6. The van der Waals surface area contributed by atoms with Gasteiger partial charge in [-0.2, -0.15) is 0 Å². The molecule has 0 unspecified atom stereocenters. The second-order valence-electron chi connectivity index (χ2n) is 3.58. The lowest BCUT2D eigenvalue weighted by atomic mass is 9.98. The topological polar surface area (TPSA) is 0 Å². The standard InChI is InChI=1S/C15H13F/c1-2-15(12-6-4-3-5-7-12)13-8-10-14(16)11-9-13/h2-11H,1H3/b15-2-. The van der Waals surface area contributed by atoms with Crippen LogP contribution in [0, 0.1) is 5.82 Å². The van der Waals surface area contributed by atoms with E-state index in [1.807, 2.05) is 31.2 Å². The van der Waals surface area contributed by atoms with E-state index in [9.17, 15) is 4.39 Å². The first-order valence-corrected chi connectivity index (χ1v) is 5.29. The molecule has 0 heterocycles. The molecular weight excluding hydrogens is 199 g/mol. The van der Waals surface area contributed by atoms with Gasteiger partial charge in [-0.15, -0.1) is 0 Å². The number of halogens is 1. The summed E-state index contributed by atoms with van der Waals surface area (Å²) in [4.78, 5) is 0. The van der Waals surface area contributed by atoms with Crippen molar-refractivity contribution in [2.24, 2.45) is 0 Å². The van der Waals surface area contributed by atoms with Gasteiger partial charge in [-0.05, 0) is 35.8 Å². The summed E-state index contributed by atoms with van der Waals surface area (Å²) in [6, 6.07) is 16.7. The van der Waals surface area contributed by atoms with Crippen molar-refractivity contribution in [2.75, 3.05) is 0 Å². The van der Waals surface area contributed by atoms with Gasteiger partial charge in [0.15, 0.2) is 0 Å². The Hall–Kier alpha value is -1.89. The van der Waals surface area contributed by atoms with Gasteiger partial charge in [-0.1, -0.05) is 48.5 Å². The fraction of sp³-hybridized carbons (Fsp3) is 0.0667. The normalized spacial score (nSPS) is 11.5. The van der Waals surface area contributed by atoms with Crippen LogP contribution in [0.1, 0.15) is 18.1 Å². The van der Waals surface area contributed by atoms with E-state index >= 15 is 0 Å². The molecule has 0 aromatic heterocycles. The molecule has 80 valence electrons. The second-order valence-corrected chi connectivity index (χ2v) is 3.58. The van der Waals surface area contributed by atoms with Crippen LogP contribution in [0.15, 0.2) is 60.7 Å². The van der Waals surface area contributed by atoms with Crippen LogP contribution >= 0.6 is 0 Å². The molecule has 1 heteroatoms. The van der Waals surface area contributed by atoms with Crippen LogP contribution in [0.4, 0.5) is 4.39 Å². The maximum atomic E-state index is 12.8. The van der Waals surface area contributed by atoms with Crippen LogP contribution in [0.2, 0.25) is 0 Å². The number of hydrogen-bond donors (Lipinski definition) is 0. The predicted molar refractivity (Wildman–Crippen MR) is 65.6 cm³/mol. The summed E-state index contributed by atoms with van der Waals surface area (Å²) in [6.45, 7) is 1.99. The average Bonchev–Trinajstić information content (AvgIpc) is 2.34. The Morgan fingerprint density at radius 2 is 1.44 bits per heavy atom. The minimum absolute atomic E-state index is 0.202. The molecule has 0 bridgehead atoms. The van der Waals surface area contributed by atoms with Gasteiger partial charge in [0.2, 0.25) is 0 Å². The second kappa shape index (κ2) is 4.75. The third-order valence-corrected chi connectivity index (χ3v) is 2.53. The Kier molecular flexibility index (Phi) is 3.16. The fourth-order valence-corrected chi connectivity index (χ4v) is 1.75. The average molecular weight is 212 g/mol. The third kappa shape index (κ3) is 2.19. The van der Waals surface area contributed by atoms with Crippen LogP contribution in [0.5, 0.6) is 0 Å². The van der Waals surface area contributed by atoms with E-state index in [1.54, 1.807) is 12.1 Å². The molecule has 2 rings (SSSR count). The molecule has 0 saturated heterocycles. The molecule has 0 aliphatic heterocycles. The van der Waals surface area contributed by atoms with Crippen LogP contribution in [-0.2, 0) is 0 Å². The van der Waals surface area contributed by atoms with Crippen molar-refractivity contribution in [3.8, 4) is 0 Å². The van der Waals surface area contributed by atoms with Crippen molar-refractivity contribution in [1.29, 1.82) is 0 Å². The fourth-order valence-electron chi connectivity index (χ4n) is 1.75. The number of benzene rings is 2. The zero-order valence-corrected chi connectivity index (χ0v) is 9.15. The van der Waals surface area contributed by atoms with Gasteiger partial charge in [0.25, 0.3) is 0 Å². The SMILES string of the molecule is C/C=C(/c1ccccc1)c1ccc(F)cc1. The Balaban J connectivity index is 2.42. The molecule has 2 aromatic rings. The van der Waals surface area contributed by atoms with Crippen molar-refractivity contribution in [3.05, 3.63) is 77.6 Å². The summed E-state index contributed by atoms with van der Waals surface area (Å²) in [6.07, 6.45) is 2.04. The monoisotopic (exact) mass is 212 g/mol. The highest BCUT2D eigenvalue weighted by atomic mass is 19.1. The van der Waals surface area contributed by atoms with E-state index in [0.717, 1.165) is 16.7 Å². The van der Waals surface area contributed by atoms with Crippen LogP contribution in [0.3, 0.4) is 0 Å². The molecular formula is C15H13F. The Morgan fingerprint density at radius 1 is 0.875 bits per heavy atom. The van der Waals surface area contributed by atoms with Gasteiger partial charge in [0, 0.05) is 0 Å². The van der Waals surface area contributed by atoms with Crippen molar-refractivity contribution in [2.45, 2.75) is 6.92 Å². The summed E-state index contributed by atoms with van der Waals surface area (Å²) in [5, 5.41) is 0. The summed E-state index contributed by atoms with van der Waals surface area (Å²) < 4.78 is 12.8. The van der Waals surface area contributed by atoms with E-state index < -0.39 is 0 Å². The zero-order chi connectivity index (χ0) is 11.4. The van der Waals surface area contributed by atoms with Crippen LogP contribution in [-0.4, -0.2) is 0 Å². The van der Waals surface area contributed by atoms with Crippen molar-refractivity contribution in [3.63, 3.8) is 0 Å². The first-order valence-electron chi connectivity index (χ1n) is 5.29. The molecule has 16 heavy (non-hydrogen) atoms. The molecule has 0 atom stereocenters. The molecule has 0 radical (unpaired) electrons. The van der Waals surface area contributed by atoms with E-state index in [4.69, 9.17) is 0 Å². The van der Waals surface area contributed by atoms with Gasteiger partial charge in [-0.3, -0.25) is 0 Å². The zero-order valence-electron chi connectivity index (χ0n) is 9.15. The molecule has 0 aliphatic carbocycles. The summed E-state index contributed by atoms with van der Waals surface area (Å²) in [7, 11) is 0. The lowest BCUT2D eigenvalue weighted by Gasteiger charge is -2.07. The number of rotatable bonds is 2. The van der Waals surface area contributed by atoms with Gasteiger partial charge in [0.1, 0.15) is 5.82 Å². The van der Waals surface area contributed by atoms with E-state index in [0.29, 0.717) is 0 Å². The molecule has 0 spiro atoms. The predicted octanol–water partition coefficient (Wildman–Crippen LogP) is 4.28. The quantitative estimate of drug-likeness (QED) is 0.697. The molecule has 0 nitrogen and oxygen atoms in total. The molecule has 0 saturated carbocycles. The van der Waals surface area contributed by atoms with Crippen LogP contribution in [0.25, 0.3) is 5.57 Å². The van der Waals surface area contributed by atoms with Gasteiger partial charge < -0.3 is 0 Å². The van der Waals surface area contributed by atoms with E-state index in [-0.39, 0.29) is 5.82 Å². The minimum atomic E-state index is -0.202. The van der Waals surface area contributed by atoms with Gasteiger partial charge >= 0.3 is 0 Å². The summed E-state index contributed by atoms with van der Waals surface area (Å²) in [5.74, 6) is -0.202. The van der Waals surface area contributed by atoms with Gasteiger partial charge in [-0.25, -0.2) is 4.39 Å².